The van der Waals surface area contributed by atoms with Crippen LogP contribution in [-0.2, 0) is 14.8 Å². The molecule has 2 aromatic carbocycles. The number of methoxy groups -OCH3 is 2. The van der Waals surface area contributed by atoms with E-state index in [4.69, 9.17) is 14.0 Å². The van der Waals surface area contributed by atoms with Crippen molar-refractivity contribution in [1.29, 1.82) is 0 Å². The smallest absolute Gasteiger partial charge is 0.248 e. The van der Waals surface area contributed by atoms with Crippen molar-refractivity contribution in [1.82, 2.24) is 9.46 Å². The highest BCUT2D eigenvalue weighted by Gasteiger charge is 2.36. The van der Waals surface area contributed by atoms with E-state index in [1.165, 1.54) is 43.7 Å². The Bertz CT molecular complexity index is 1460. The number of benzene rings is 2. The Labute approximate surface area is 219 Å². The maximum absolute atomic E-state index is 14.0. The minimum Gasteiger partial charge on any atom is -0.493 e. The van der Waals surface area contributed by atoms with Gasteiger partial charge in [0.25, 0.3) is 0 Å². The Morgan fingerprint density at radius 2 is 1.79 bits per heavy atom. The number of rotatable bonds is 8. The number of hydrogen-bond acceptors (Lipinski definition) is 7. The monoisotopic (exact) mass is 547 g/mol. The maximum Gasteiger partial charge on any atom is 0.248 e. The lowest BCUT2D eigenvalue weighted by molar-refractivity contribution is -0.120. The van der Waals surface area contributed by atoms with Gasteiger partial charge in [0, 0.05) is 42.4 Å². The number of hydrogen-bond donors (Lipinski definition) is 1. The van der Waals surface area contributed by atoms with Crippen molar-refractivity contribution in [2.75, 3.05) is 32.6 Å². The zero-order valence-corrected chi connectivity index (χ0v) is 21.8. The largest absolute Gasteiger partial charge is 0.493 e. The van der Waals surface area contributed by atoms with Gasteiger partial charge in [-0.25, -0.2) is 17.2 Å². The van der Waals surface area contributed by atoms with Crippen LogP contribution in [0.25, 0.3) is 12.2 Å². The number of nitrogens with zero attached hydrogens (tertiary/aromatic N) is 2. The lowest BCUT2D eigenvalue weighted by Crippen LogP contribution is -2.41. The van der Waals surface area contributed by atoms with Crippen molar-refractivity contribution >= 4 is 33.8 Å². The van der Waals surface area contributed by atoms with Gasteiger partial charge in [-0.3, -0.25) is 4.79 Å². The minimum atomic E-state index is -4.02. The molecule has 0 atom stereocenters. The van der Waals surface area contributed by atoms with Crippen LogP contribution in [0.1, 0.15) is 29.9 Å². The second-order valence-electron chi connectivity index (χ2n) is 8.70. The van der Waals surface area contributed by atoms with Gasteiger partial charge in [-0.15, -0.1) is 0 Å². The van der Waals surface area contributed by atoms with Crippen LogP contribution in [0.4, 0.5) is 14.5 Å². The van der Waals surface area contributed by atoms with Crippen molar-refractivity contribution in [2.45, 2.75) is 24.7 Å². The molecule has 0 radical (unpaired) electrons. The van der Waals surface area contributed by atoms with Crippen LogP contribution in [-0.4, -0.2) is 51.1 Å². The third-order valence-corrected chi connectivity index (χ3v) is 8.34. The first-order chi connectivity index (χ1) is 18.1. The van der Waals surface area contributed by atoms with E-state index in [0.717, 1.165) is 12.1 Å². The maximum atomic E-state index is 14.0. The Morgan fingerprint density at radius 1 is 1.08 bits per heavy atom. The van der Waals surface area contributed by atoms with Crippen molar-refractivity contribution in [3.05, 3.63) is 65.1 Å². The van der Waals surface area contributed by atoms with Crippen LogP contribution >= 0.6 is 0 Å². The summed E-state index contributed by atoms with van der Waals surface area (Å²) in [6.07, 6.45) is 3.20. The van der Waals surface area contributed by atoms with Gasteiger partial charge in [-0.1, -0.05) is 5.16 Å². The average molecular weight is 548 g/mol. The van der Waals surface area contributed by atoms with Gasteiger partial charge in [-0.2, -0.15) is 4.31 Å². The Kier molecular flexibility index (Phi) is 8.12. The Balaban J connectivity index is 1.44. The summed E-state index contributed by atoms with van der Waals surface area (Å²) in [5.74, 6) is -1.19. The highest BCUT2D eigenvalue weighted by Crippen LogP contribution is 2.32. The molecule has 0 saturated carbocycles. The molecule has 9 nitrogen and oxygen atoms in total. The first-order valence-corrected chi connectivity index (χ1v) is 13.2. The standard InChI is InChI=1S/C26H27F2N3O6S/c1-16-25(23(37-30-16)8-5-17-4-6-19(27)14-21(17)28)38(33,34)31-12-10-18(11-13-31)26(32)29-20-7-9-22(35-2)24(15-20)36-3/h4-9,14-15,18H,10-13H2,1-3H3,(H,29,32)/b8-5+. The molecule has 1 aliphatic rings. The van der Waals surface area contributed by atoms with Crippen LogP contribution in [0.2, 0.25) is 0 Å². The van der Waals surface area contributed by atoms with Crippen molar-refractivity contribution in [3.63, 3.8) is 0 Å². The van der Waals surface area contributed by atoms with E-state index >= 15 is 0 Å². The van der Waals surface area contributed by atoms with Gasteiger partial charge in [0.2, 0.25) is 15.9 Å². The summed E-state index contributed by atoms with van der Waals surface area (Å²) in [5, 5.41) is 6.62. The summed E-state index contributed by atoms with van der Waals surface area (Å²) in [4.78, 5) is 12.7. The SMILES string of the molecule is COc1ccc(NC(=O)C2CCN(S(=O)(=O)c3c(C)noc3/C=C/c3ccc(F)cc3F)CC2)cc1OC. The number of anilines is 1. The number of sulfonamides is 1. The van der Waals surface area contributed by atoms with Gasteiger partial charge >= 0.3 is 0 Å². The molecule has 3 aromatic rings. The van der Waals surface area contributed by atoms with Crippen LogP contribution in [0.15, 0.2) is 45.8 Å². The van der Waals surface area contributed by atoms with E-state index in [-0.39, 0.29) is 46.8 Å². The summed E-state index contributed by atoms with van der Waals surface area (Å²) in [5.41, 5.74) is 0.750. The summed E-state index contributed by atoms with van der Waals surface area (Å²) in [6, 6.07) is 8.09. The molecular formula is C26H27F2N3O6S. The first-order valence-electron chi connectivity index (χ1n) is 11.8. The Morgan fingerprint density at radius 3 is 2.45 bits per heavy atom. The number of aromatic nitrogens is 1. The highest BCUT2D eigenvalue weighted by molar-refractivity contribution is 7.89. The van der Waals surface area contributed by atoms with Crippen LogP contribution < -0.4 is 14.8 Å². The highest BCUT2D eigenvalue weighted by atomic mass is 32.2. The molecule has 1 N–H and O–H groups in total. The van der Waals surface area contributed by atoms with E-state index < -0.39 is 21.7 Å². The van der Waals surface area contributed by atoms with Crippen molar-refractivity contribution in [3.8, 4) is 11.5 Å². The summed E-state index contributed by atoms with van der Waals surface area (Å²) < 4.78 is 71.0. The summed E-state index contributed by atoms with van der Waals surface area (Å²) in [6.45, 7) is 1.73. The fourth-order valence-electron chi connectivity index (χ4n) is 4.25. The van der Waals surface area contributed by atoms with Crippen molar-refractivity contribution < 1.29 is 36.0 Å². The molecule has 1 aliphatic heterocycles. The van der Waals surface area contributed by atoms with Gasteiger partial charge in [-0.05, 0) is 56.2 Å². The first kappa shape index (κ1) is 27.3. The van der Waals surface area contributed by atoms with E-state index in [1.54, 1.807) is 18.2 Å². The number of amides is 1. The van der Waals surface area contributed by atoms with Gasteiger partial charge in [0.1, 0.15) is 17.3 Å². The summed E-state index contributed by atoms with van der Waals surface area (Å²) >= 11 is 0. The van der Waals surface area contributed by atoms with Gasteiger partial charge < -0.3 is 19.3 Å². The zero-order chi connectivity index (χ0) is 27.4. The number of carbonyl (C=O) groups excluding carboxylic acids is 1. The van der Waals surface area contributed by atoms with Gasteiger partial charge in [0.15, 0.2) is 22.2 Å². The molecule has 2 heterocycles. The lowest BCUT2D eigenvalue weighted by atomic mass is 9.97. The molecule has 1 saturated heterocycles. The fraction of sp³-hybridized carbons (Fsp3) is 0.308. The second kappa shape index (κ2) is 11.3. The Hall–Kier alpha value is -3.77. The van der Waals surface area contributed by atoms with E-state index in [0.29, 0.717) is 30.0 Å². The third-order valence-electron chi connectivity index (χ3n) is 6.28. The van der Waals surface area contributed by atoms with Crippen LogP contribution in [0.3, 0.4) is 0 Å². The molecule has 4 rings (SSSR count). The molecule has 38 heavy (non-hydrogen) atoms. The lowest BCUT2D eigenvalue weighted by Gasteiger charge is -2.30. The molecule has 1 aromatic heterocycles. The molecule has 1 fully saturated rings. The minimum absolute atomic E-state index is 0.0603. The average Bonchev–Trinajstić information content (AvgIpc) is 3.29. The summed E-state index contributed by atoms with van der Waals surface area (Å²) in [7, 11) is -0.999. The molecule has 0 bridgehead atoms. The molecule has 0 unspecified atom stereocenters. The number of halogens is 2. The van der Waals surface area contributed by atoms with E-state index in [2.05, 4.69) is 10.5 Å². The molecular weight excluding hydrogens is 520 g/mol. The molecule has 202 valence electrons. The number of aryl methyl sites for hydroxylation is 1. The topological polar surface area (TPSA) is 111 Å². The second-order valence-corrected chi connectivity index (χ2v) is 10.6. The molecule has 0 aliphatic carbocycles. The predicted octanol–water partition coefficient (Wildman–Crippen LogP) is 4.49. The van der Waals surface area contributed by atoms with Gasteiger partial charge in [0.05, 0.1) is 14.2 Å². The zero-order valence-electron chi connectivity index (χ0n) is 21.0. The number of piperidine rings is 1. The normalized spacial score (nSPS) is 15.1. The quantitative estimate of drug-likeness (QED) is 0.442. The molecule has 12 heteroatoms. The number of ether oxygens (including phenoxy) is 2. The molecule has 0 spiro atoms. The van der Waals surface area contributed by atoms with Crippen molar-refractivity contribution in [2.24, 2.45) is 5.92 Å². The predicted molar refractivity (Wildman–Crippen MR) is 136 cm³/mol. The fourth-order valence-corrected chi connectivity index (χ4v) is 5.97. The van der Waals surface area contributed by atoms with E-state index in [1.807, 2.05) is 0 Å². The molecule has 1 amide bonds. The number of carbonyl (C=O) groups is 1. The van der Waals surface area contributed by atoms with Crippen LogP contribution in [0.5, 0.6) is 11.5 Å². The third kappa shape index (κ3) is 5.70. The van der Waals surface area contributed by atoms with Crippen LogP contribution in [0, 0.1) is 24.5 Å². The number of nitrogens with one attached hydrogen (secondary N) is 1. The van der Waals surface area contributed by atoms with E-state index in [9.17, 15) is 22.0 Å².